The molecular weight excluding hydrogens is 260 g/mol. The van der Waals surface area contributed by atoms with Gasteiger partial charge in [-0.2, -0.15) is 0 Å². The van der Waals surface area contributed by atoms with Crippen molar-refractivity contribution in [1.82, 2.24) is 0 Å². The third-order valence-corrected chi connectivity index (χ3v) is 4.72. The molecule has 0 aliphatic heterocycles. The lowest BCUT2D eigenvalue weighted by molar-refractivity contribution is 1.64. The number of hydrogen-bond acceptors (Lipinski definition) is 1. The zero-order valence-corrected chi connectivity index (χ0v) is 12.1. The van der Waals surface area contributed by atoms with E-state index in [0.717, 1.165) is 0 Å². The first-order valence-corrected chi connectivity index (χ1v) is 7.62. The van der Waals surface area contributed by atoms with E-state index in [2.05, 4.69) is 73.7 Å². The van der Waals surface area contributed by atoms with E-state index < -0.39 is 0 Å². The summed E-state index contributed by atoms with van der Waals surface area (Å²) < 4.78 is 0. The van der Waals surface area contributed by atoms with Crippen molar-refractivity contribution in [2.24, 2.45) is 0 Å². The molecule has 0 atom stereocenters. The molecule has 0 saturated carbocycles. The normalized spacial score (nSPS) is 12.2. The van der Waals surface area contributed by atoms with Crippen molar-refractivity contribution in [2.75, 3.05) is 0 Å². The molecular formula is C19H14S. The van der Waals surface area contributed by atoms with E-state index in [9.17, 15) is 0 Å². The van der Waals surface area contributed by atoms with Crippen molar-refractivity contribution in [3.63, 3.8) is 0 Å². The monoisotopic (exact) mass is 274 g/mol. The summed E-state index contributed by atoms with van der Waals surface area (Å²) in [6, 6.07) is 21.8. The molecule has 0 fully saturated rings. The molecule has 1 aliphatic carbocycles. The van der Waals surface area contributed by atoms with Crippen LogP contribution in [0.2, 0.25) is 0 Å². The maximum atomic E-state index is 2.32. The first-order valence-electron chi connectivity index (χ1n) is 6.80. The largest absolute Gasteiger partial charge is 0.141 e. The zero-order chi connectivity index (χ0) is 13.5. The Hall–Kier alpha value is -2.12. The maximum absolute atomic E-state index is 2.32. The SMILES string of the molecule is Cc1ccc(C=C2c3ccccc3-c3ccccc32)s1. The van der Waals surface area contributed by atoms with Crippen LogP contribution in [0.15, 0.2) is 60.7 Å². The van der Waals surface area contributed by atoms with Gasteiger partial charge in [0.1, 0.15) is 0 Å². The highest BCUT2D eigenvalue weighted by atomic mass is 32.1. The smallest absolute Gasteiger partial charge is 0.0279 e. The van der Waals surface area contributed by atoms with E-state index in [1.54, 1.807) is 0 Å². The van der Waals surface area contributed by atoms with Gasteiger partial charge in [0.25, 0.3) is 0 Å². The van der Waals surface area contributed by atoms with Crippen LogP contribution in [0, 0.1) is 6.92 Å². The van der Waals surface area contributed by atoms with Gasteiger partial charge in [0.05, 0.1) is 0 Å². The first kappa shape index (κ1) is 11.7. The van der Waals surface area contributed by atoms with Crippen molar-refractivity contribution < 1.29 is 0 Å². The Bertz CT molecular complexity index is 774. The summed E-state index contributed by atoms with van der Waals surface area (Å²) >= 11 is 1.85. The van der Waals surface area contributed by atoms with Gasteiger partial charge in [-0.1, -0.05) is 48.5 Å². The zero-order valence-electron chi connectivity index (χ0n) is 11.3. The second-order valence-corrected chi connectivity index (χ2v) is 6.42. The molecule has 3 aromatic rings. The second-order valence-electron chi connectivity index (χ2n) is 5.10. The minimum Gasteiger partial charge on any atom is -0.141 e. The molecule has 0 bridgehead atoms. The number of fused-ring (bicyclic) bond motifs is 3. The van der Waals surface area contributed by atoms with Gasteiger partial charge < -0.3 is 0 Å². The fourth-order valence-electron chi connectivity index (χ4n) is 2.88. The number of aryl methyl sites for hydroxylation is 1. The summed E-state index contributed by atoms with van der Waals surface area (Å²) in [5, 5.41) is 0. The summed E-state index contributed by atoms with van der Waals surface area (Å²) in [7, 11) is 0. The number of thiophene rings is 1. The van der Waals surface area contributed by atoms with Crippen molar-refractivity contribution in [2.45, 2.75) is 6.92 Å². The fourth-order valence-corrected chi connectivity index (χ4v) is 3.70. The van der Waals surface area contributed by atoms with Gasteiger partial charge in [-0.05, 0) is 53.0 Å². The lowest BCUT2D eigenvalue weighted by atomic mass is 10.0. The predicted molar refractivity (Wildman–Crippen MR) is 87.9 cm³/mol. The van der Waals surface area contributed by atoms with Crippen LogP contribution in [0.5, 0.6) is 0 Å². The molecule has 1 aromatic heterocycles. The van der Waals surface area contributed by atoms with E-state index in [1.165, 1.54) is 37.6 Å². The Morgan fingerprint density at radius 3 is 1.75 bits per heavy atom. The van der Waals surface area contributed by atoms with Crippen LogP contribution in [-0.4, -0.2) is 0 Å². The highest BCUT2D eigenvalue weighted by molar-refractivity contribution is 7.12. The first-order chi connectivity index (χ1) is 9.83. The Morgan fingerprint density at radius 1 is 0.700 bits per heavy atom. The van der Waals surface area contributed by atoms with Crippen LogP contribution in [0.1, 0.15) is 20.9 Å². The van der Waals surface area contributed by atoms with Gasteiger partial charge in [0.15, 0.2) is 0 Å². The van der Waals surface area contributed by atoms with E-state index in [1.807, 2.05) is 11.3 Å². The molecule has 1 heteroatoms. The second kappa shape index (κ2) is 4.46. The van der Waals surface area contributed by atoms with Gasteiger partial charge >= 0.3 is 0 Å². The van der Waals surface area contributed by atoms with Gasteiger partial charge in [-0.25, -0.2) is 0 Å². The van der Waals surface area contributed by atoms with Crippen molar-refractivity contribution in [3.8, 4) is 11.1 Å². The van der Waals surface area contributed by atoms with Crippen LogP contribution in [0.25, 0.3) is 22.8 Å². The third-order valence-electron chi connectivity index (χ3n) is 3.77. The van der Waals surface area contributed by atoms with Crippen LogP contribution < -0.4 is 0 Å². The molecule has 0 saturated heterocycles. The lowest BCUT2D eigenvalue weighted by Crippen LogP contribution is -1.79. The molecule has 0 amide bonds. The molecule has 0 radical (unpaired) electrons. The molecule has 96 valence electrons. The molecule has 1 heterocycles. The van der Waals surface area contributed by atoms with E-state index in [-0.39, 0.29) is 0 Å². The summed E-state index contributed by atoms with van der Waals surface area (Å²) in [4.78, 5) is 2.68. The lowest BCUT2D eigenvalue weighted by Gasteiger charge is -2.01. The van der Waals surface area contributed by atoms with E-state index in [4.69, 9.17) is 0 Å². The van der Waals surface area contributed by atoms with E-state index in [0.29, 0.717) is 0 Å². The van der Waals surface area contributed by atoms with Gasteiger partial charge in [-0.3, -0.25) is 0 Å². The Morgan fingerprint density at radius 2 is 1.25 bits per heavy atom. The number of rotatable bonds is 1. The Labute approximate surface area is 123 Å². The Balaban J connectivity index is 1.98. The molecule has 4 rings (SSSR count). The highest BCUT2D eigenvalue weighted by Gasteiger charge is 2.22. The Kier molecular flexibility index (Phi) is 2.61. The number of hydrogen-bond donors (Lipinski definition) is 0. The van der Waals surface area contributed by atoms with Crippen LogP contribution >= 0.6 is 11.3 Å². The minimum atomic E-state index is 1.32. The maximum Gasteiger partial charge on any atom is 0.0279 e. The molecule has 1 aliphatic rings. The van der Waals surface area contributed by atoms with Crippen LogP contribution in [0.3, 0.4) is 0 Å². The molecule has 0 spiro atoms. The summed E-state index contributed by atoms with van der Waals surface area (Å²) in [6.07, 6.45) is 2.32. The molecule has 0 nitrogen and oxygen atoms in total. The molecule has 2 aromatic carbocycles. The topological polar surface area (TPSA) is 0 Å². The highest BCUT2D eigenvalue weighted by Crippen LogP contribution is 2.44. The summed E-state index contributed by atoms with van der Waals surface area (Å²) in [5.74, 6) is 0. The summed E-state index contributed by atoms with van der Waals surface area (Å²) in [5.41, 5.74) is 6.74. The van der Waals surface area contributed by atoms with Crippen molar-refractivity contribution in [3.05, 3.63) is 81.5 Å². The van der Waals surface area contributed by atoms with Crippen molar-refractivity contribution >= 4 is 23.0 Å². The van der Waals surface area contributed by atoms with Gasteiger partial charge in [0, 0.05) is 9.75 Å². The molecule has 20 heavy (non-hydrogen) atoms. The van der Waals surface area contributed by atoms with E-state index >= 15 is 0 Å². The fraction of sp³-hybridized carbons (Fsp3) is 0.0526. The predicted octanol–water partition coefficient (Wildman–Crippen LogP) is 5.63. The average molecular weight is 274 g/mol. The summed E-state index contributed by atoms with van der Waals surface area (Å²) in [6.45, 7) is 2.16. The molecule has 0 unspecified atom stereocenters. The van der Waals surface area contributed by atoms with Gasteiger partial charge in [0.2, 0.25) is 0 Å². The standard InChI is InChI=1S/C19H14S/c1-13-10-11-14(20-13)12-19-17-8-4-2-6-15(17)16-7-3-5-9-18(16)19/h2-12H,1H3. The van der Waals surface area contributed by atoms with Gasteiger partial charge in [-0.15, -0.1) is 11.3 Å². The third kappa shape index (κ3) is 1.75. The molecule has 0 N–H and O–H groups in total. The van der Waals surface area contributed by atoms with Crippen molar-refractivity contribution in [1.29, 1.82) is 0 Å². The van der Waals surface area contributed by atoms with Crippen LogP contribution in [0.4, 0.5) is 0 Å². The van der Waals surface area contributed by atoms with Crippen LogP contribution in [-0.2, 0) is 0 Å². The minimum absolute atomic E-state index is 1.32. The quantitative estimate of drug-likeness (QED) is 0.422. The average Bonchev–Trinajstić information content (AvgIpc) is 3.03. The number of benzene rings is 2.